The van der Waals surface area contributed by atoms with Crippen molar-refractivity contribution in [3.8, 4) is 0 Å². The van der Waals surface area contributed by atoms with Gasteiger partial charge in [-0.2, -0.15) is 0 Å². The zero-order chi connectivity index (χ0) is 13.8. The summed E-state index contributed by atoms with van der Waals surface area (Å²) in [5, 5.41) is 3.20. The van der Waals surface area contributed by atoms with Crippen LogP contribution in [0, 0.1) is 0 Å². The van der Waals surface area contributed by atoms with Crippen LogP contribution >= 0.6 is 0 Å². The van der Waals surface area contributed by atoms with E-state index >= 15 is 0 Å². The first-order valence-corrected chi connectivity index (χ1v) is 7.04. The monoisotopic (exact) mass is 254 g/mol. The van der Waals surface area contributed by atoms with Crippen molar-refractivity contribution in [1.29, 1.82) is 0 Å². The molecule has 0 aromatic carbocycles. The molecule has 0 bridgehead atoms. The number of nitrogens with zero attached hydrogens (tertiary/aromatic N) is 2. The van der Waals surface area contributed by atoms with Crippen LogP contribution in [0.5, 0.6) is 0 Å². The van der Waals surface area contributed by atoms with Crippen LogP contribution in [0.4, 0.5) is 0 Å². The predicted octanol–water partition coefficient (Wildman–Crippen LogP) is 1.95. The highest BCUT2D eigenvalue weighted by molar-refractivity contribution is 5.78. The molecule has 0 unspecified atom stereocenters. The van der Waals surface area contributed by atoms with Crippen LogP contribution in [0.2, 0.25) is 0 Å². The Labute approximate surface area is 112 Å². The van der Waals surface area contributed by atoms with E-state index in [1.165, 1.54) is 32.4 Å². The Morgan fingerprint density at radius 3 is 2.17 bits per heavy atom. The van der Waals surface area contributed by atoms with Gasteiger partial charge in [0.15, 0.2) is 5.96 Å². The van der Waals surface area contributed by atoms with Crippen molar-refractivity contribution in [2.45, 2.75) is 65.0 Å². The normalized spacial score (nSPS) is 19.9. The van der Waals surface area contributed by atoms with Crippen LogP contribution in [0.1, 0.15) is 53.9 Å². The first-order chi connectivity index (χ1) is 8.21. The summed E-state index contributed by atoms with van der Waals surface area (Å²) in [5.74, 6) is 0.549. The van der Waals surface area contributed by atoms with E-state index in [0.29, 0.717) is 5.96 Å². The Morgan fingerprint density at radius 1 is 1.11 bits per heavy atom. The number of hydrogen-bond acceptors (Lipinski definition) is 2. The number of likely N-dealkylation sites (tertiary alicyclic amines) is 1. The molecule has 0 radical (unpaired) electrons. The fraction of sp³-hybridized carbons (Fsp3) is 0.929. The average Bonchev–Trinajstić information content (AvgIpc) is 2.26. The molecule has 1 heterocycles. The van der Waals surface area contributed by atoms with Crippen LogP contribution in [-0.2, 0) is 0 Å². The highest BCUT2D eigenvalue weighted by Gasteiger charge is 2.27. The minimum Gasteiger partial charge on any atom is -0.370 e. The summed E-state index contributed by atoms with van der Waals surface area (Å²) in [6, 6.07) is 0. The van der Waals surface area contributed by atoms with Gasteiger partial charge in [-0.05, 0) is 60.5 Å². The lowest BCUT2D eigenvalue weighted by Crippen LogP contribution is -2.50. The van der Waals surface area contributed by atoms with Crippen molar-refractivity contribution in [3.63, 3.8) is 0 Å². The Kier molecular flexibility index (Phi) is 5.02. The van der Waals surface area contributed by atoms with Crippen LogP contribution < -0.4 is 11.1 Å². The number of piperidine rings is 1. The van der Waals surface area contributed by atoms with E-state index in [1.807, 2.05) is 0 Å². The van der Waals surface area contributed by atoms with Crippen LogP contribution in [0.25, 0.3) is 0 Å². The van der Waals surface area contributed by atoms with Crippen molar-refractivity contribution in [2.24, 2.45) is 10.7 Å². The third-order valence-corrected chi connectivity index (χ3v) is 3.35. The topological polar surface area (TPSA) is 53.6 Å². The van der Waals surface area contributed by atoms with E-state index in [-0.39, 0.29) is 11.1 Å². The zero-order valence-electron chi connectivity index (χ0n) is 12.7. The molecule has 0 atom stereocenters. The van der Waals surface area contributed by atoms with Gasteiger partial charge in [-0.3, -0.25) is 9.89 Å². The molecule has 0 amide bonds. The number of guanidine groups is 1. The molecule has 106 valence electrons. The first kappa shape index (κ1) is 15.3. The van der Waals surface area contributed by atoms with Gasteiger partial charge in [0, 0.05) is 11.1 Å². The predicted molar refractivity (Wildman–Crippen MR) is 78.9 cm³/mol. The molecular weight excluding hydrogens is 224 g/mol. The van der Waals surface area contributed by atoms with Gasteiger partial charge in [0.05, 0.1) is 6.54 Å². The van der Waals surface area contributed by atoms with Gasteiger partial charge in [0.2, 0.25) is 0 Å². The summed E-state index contributed by atoms with van der Waals surface area (Å²) in [6.45, 7) is 13.9. The van der Waals surface area contributed by atoms with Crippen LogP contribution in [-0.4, -0.2) is 41.6 Å². The van der Waals surface area contributed by atoms with Gasteiger partial charge in [-0.25, -0.2) is 0 Å². The second-order valence-corrected chi connectivity index (χ2v) is 6.94. The second kappa shape index (κ2) is 5.91. The zero-order valence-corrected chi connectivity index (χ0v) is 12.7. The SMILES string of the molecule is CC(C)(C)NC(N)=NCC(C)(C)N1CCCCC1. The van der Waals surface area contributed by atoms with Crippen molar-refractivity contribution < 1.29 is 0 Å². The van der Waals surface area contributed by atoms with Gasteiger partial charge in [-0.1, -0.05) is 6.42 Å². The van der Waals surface area contributed by atoms with E-state index in [4.69, 9.17) is 5.73 Å². The van der Waals surface area contributed by atoms with Crippen molar-refractivity contribution in [1.82, 2.24) is 10.2 Å². The number of rotatable bonds is 3. The summed E-state index contributed by atoms with van der Waals surface area (Å²) in [7, 11) is 0. The van der Waals surface area contributed by atoms with Gasteiger partial charge < -0.3 is 11.1 Å². The molecule has 1 aliphatic heterocycles. The van der Waals surface area contributed by atoms with Crippen molar-refractivity contribution >= 4 is 5.96 Å². The fourth-order valence-corrected chi connectivity index (χ4v) is 2.30. The van der Waals surface area contributed by atoms with E-state index in [2.05, 4.69) is 49.8 Å². The summed E-state index contributed by atoms with van der Waals surface area (Å²) in [5.41, 5.74) is 5.99. The standard InChI is InChI=1S/C14H30N4/c1-13(2,3)17-12(15)16-11-14(4,5)18-9-7-6-8-10-18/h6-11H2,1-5H3,(H3,15,16,17). The quantitative estimate of drug-likeness (QED) is 0.598. The Hall–Kier alpha value is -0.770. The third-order valence-electron chi connectivity index (χ3n) is 3.35. The summed E-state index contributed by atoms with van der Waals surface area (Å²) < 4.78 is 0. The van der Waals surface area contributed by atoms with Gasteiger partial charge >= 0.3 is 0 Å². The van der Waals surface area contributed by atoms with E-state index in [0.717, 1.165) is 6.54 Å². The summed E-state index contributed by atoms with van der Waals surface area (Å²) in [4.78, 5) is 7.03. The summed E-state index contributed by atoms with van der Waals surface area (Å²) >= 11 is 0. The van der Waals surface area contributed by atoms with Gasteiger partial charge in [-0.15, -0.1) is 0 Å². The first-order valence-electron chi connectivity index (χ1n) is 7.04. The smallest absolute Gasteiger partial charge is 0.189 e. The highest BCUT2D eigenvalue weighted by atomic mass is 15.2. The molecule has 4 nitrogen and oxygen atoms in total. The van der Waals surface area contributed by atoms with E-state index < -0.39 is 0 Å². The molecule has 0 aromatic heterocycles. The number of hydrogen-bond donors (Lipinski definition) is 2. The third kappa shape index (κ3) is 5.25. The highest BCUT2D eigenvalue weighted by Crippen LogP contribution is 2.20. The lowest BCUT2D eigenvalue weighted by Gasteiger charge is -2.40. The van der Waals surface area contributed by atoms with E-state index in [9.17, 15) is 0 Å². The molecule has 18 heavy (non-hydrogen) atoms. The molecule has 1 aliphatic rings. The molecule has 1 rings (SSSR count). The second-order valence-electron chi connectivity index (χ2n) is 6.94. The molecular formula is C14H30N4. The minimum absolute atomic E-state index is 0.0250. The molecule has 1 fully saturated rings. The van der Waals surface area contributed by atoms with Crippen molar-refractivity contribution in [2.75, 3.05) is 19.6 Å². The fourth-order valence-electron chi connectivity index (χ4n) is 2.30. The number of aliphatic imine (C=N–C) groups is 1. The Bertz CT molecular complexity index is 283. The van der Waals surface area contributed by atoms with Crippen LogP contribution in [0.3, 0.4) is 0 Å². The Morgan fingerprint density at radius 2 is 1.67 bits per heavy atom. The van der Waals surface area contributed by atoms with Gasteiger partial charge in [0.25, 0.3) is 0 Å². The molecule has 0 saturated carbocycles. The maximum atomic E-state index is 5.92. The van der Waals surface area contributed by atoms with Gasteiger partial charge in [0.1, 0.15) is 0 Å². The largest absolute Gasteiger partial charge is 0.370 e. The summed E-state index contributed by atoms with van der Waals surface area (Å²) in [6.07, 6.45) is 3.98. The molecule has 3 N–H and O–H groups in total. The number of nitrogens with two attached hydrogens (primary N) is 1. The van der Waals surface area contributed by atoms with E-state index in [1.54, 1.807) is 0 Å². The lowest BCUT2D eigenvalue weighted by molar-refractivity contribution is 0.102. The maximum Gasteiger partial charge on any atom is 0.189 e. The molecule has 0 spiro atoms. The lowest BCUT2D eigenvalue weighted by atomic mass is 9.99. The average molecular weight is 254 g/mol. The number of nitrogens with one attached hydrogen (secondary N) is 1. The molecule has 0 aromatic rings. The minimum atomic E-state index is -0.0250. The van der Waals surface area contributed by atoms with Crippen LogP contribution in [0.15, 0.2) is 4.99 Å². The van der Waals surface area contributed by atoms with Crippen molar-refractivity contribution in [3.05, 3.63) is 0 Å². The molecule has 4 heteroatoms. The Balaban J connectivity index is 2.51. The molecule has 1 saturated heterocycles. The maximum absolute atomic E-state index is 5.92. The molecule has 0 aliphatic carbocycles.